The Morgan fingerprint density at radius 2 is 2.11 bits per heavy atom. The third-order valence-corrected chi connectivity index (χ3v) is 5.43. The molecule has 1 atom stereocenters. The van der Waals surface area contributed by atoms with E-state index in [0.717, 1.165) is 38.9 Å². The van der Waals surface area contributed by atoms with Gasteiger partial charge in [0.05, 0.1) is 12.6 Å². The van der Waals surface area contributed by atoms with E-state index in [-0.39, 0.29) is 42.2 Å². The molecule has 2 aliphatic heterocycles. The van der Waals surface area contributed by atoms with E-state index in [0.29, 0.717) is 24.0 Å². The molecule has 2 aromatic rings. The van der Waals surface area contributed by atoms with Gasteiger partial charge < -0.3 is 20.1 Å². The number of carbonyl (C=O) groups excluding carboxylic acids is 1. The summed E-state index contributed by atoms with van der Waals surface area (Å²) in [7, 11) is 1.78. The lowest BCUT2D eigenvalue weighted by molar-refractivity contribution is -0.132. The minimum Gasteiger partial charge on any atom is -0.337 e. The SMILES string of the molecule is CN(Cc1nc(-c2ccccn2)no1)C(=O)C1CC2(CCNCC2)CN1.Cl.Cl. The second kappa shape index (κ2) is 9.65. The van der Waals surface area contributed by atoms with Crippen LogP contribution in [-0.2, 0) is 11.3 Å². The van der Waals surface area contributed by atoms with Crippen molar-refractivity contribution in [2.45, 2.75) is 31.8 Å². The lowest BCUT2D eigenvalue weighted by Crippen LogP contribution is -2.41. The van der Waals surface area contributed by atoms with Crippen molar-refractivity contribution in [1.82, 2.24) is 30.7 Å². The van der Waals surface area contributed by atoms with Gasteiger partial charge in [0.25, 0.3) is 0 Å². The number of amides is 1. The molecule has 2 aliphatic rings. The molecule has 0 aliphatic carbocycles. The molecule has 10 heteroatoms. The number of piperidine rings is 1. The maximum Gasteiger partial charge on any atom is 0.246 e. The number of likely N-dealkylation sites (N-methyl/N-ethyl adjacent to an activating group) is 1. The molecule has 4 rings (SSSR count). The molecule has 4 heterocycles. The van der Waals surface area contributed by atoms with Crippen LogP contribution in [0.25, 0.3) is 11.5 Å². The summed E-state index contributed by atoms with van der Waals surface area (Å²) in [6, 6.07) is 5.40. The molecular weight excluding hydrogens is 403 g/mol. The Kier molecular flexibility index (Phi) is 7.77. The molecule has 154 valence electrons. The van der Waals surface area contributed by atoms with Crippen molar-refractivity contribution in [3.05, 3.63) is 30.3 Å². The molecule has 1 spiro atoms. The predicted octanol–water partition coefficient (Wildman–Crippen LogP) is 1.67. The largest absolute Gasteiger partial charge is 0.337 e. The number of nitrogens with one attached hydrogen (secondary N) is 2. The minimum atomic E-state index is -0.128. The van der Waals surface area contributed by atoms with Gasteiger partial charge in [-0.15, -0.1) is 24.8 Å². The van der Waals surface area contributed by atoms with E-state index >= 15 is 0 Å². The highest BCUT2D eigenvalue weighted by atomic mass is 35.5. The molecule has 1 amide bonds. The number of pyridine rings is 1. The molecular formula is C18H26Cl2N6O2. The van der Waals surface area contributed by atoms with E-state index in [2.05, 4.69) is 25.8 Å². The van der Waals surface area contributed by atoms with Crippen molar-refractivity contribution in [1.29, 1.82) is 0 Å². The smallest absolute Gasteiger partial charge is 0.246 e. The molecule has 0 aromatic carbocycles. The van der Waals surface area contributed by atoms with E-state index in [4.69, 9.17) is 4.52 Å². The number of aromatic nitrogens is 3. The molecule has 2 aromatic heterocycles. The first kappa shape index (κ1) is 22.5. The second-order valence-corrected chi connectivity index (χ2v) is 7.31. The van der Waals surface area contributed by atoms with Gasteiger partial charge in [0.15, 0.2) is 0 Å². The van der Waals surface area contributed by atoms with Crippen LogP contribution >= 0.6 is 24.8 Å². The van der Waals surface area contributed by atoms with Crippen LogP contribution in [0, 0.1) is 5.41 Å². The predicted molar refractivity (Wildman–Crippen MR) is 109 cm³/mol. The summed E-state index contributed by atoms with van der Waals surface area (Å²) in [6.07, 6.45) is 4.85. The average Bonchev–Trinajstić information content (AvgIpc) is 3.30. The molecule has 8 nitrogen and oxygen atoms in total. The minimum absolute atomic E-state index is 0. The maximum absolute atomic E-state index is 12.8. The van der Waals surface area contributed by atoms with Gasteiger partial charge in [0.1, 0.15) is 5.69 Å². The Hall–Kier alpha value is -1.74. The Labute approximate surface area is 176 Å². The molecule has 28 heavy (non-hydrogen) atoms. The third kappa shape index (κ3) is 4.81. The summed E-state index contributed by atoms with van der Waals surface area (Å²) in [5.41, 5.74) is 0.921. The first-order chi connectivity index (χ1) is 12.7. The fourth-order valence-electron chi connectivity index (χ4n) is 3.89. The lowest BCUT2D eigenvalue weighted by atomic mass is 9.77. The fraction of sp³-hybridized carbons (Fsp3) is 0.556. The van der Waals surface area contributed by atoms with Crippen molar-refractivity contribution in [2.75, 3.05) is 26.7 Å². The van der Waals surface area contributed by atoms with Crippen molar-refractivity contribution in [3.63, 3.8) is 0 Å². The molecule has 2 N–H and O–H groups in total. The summed E-state index contributed by atoms with van der Waals surface area (Å²) in [6.45, 7) is 3.29. The molecule has 2 saturated heterocycles. The summed E-state index contributed by atoms with van der Waals surface area (Å²) in [4.78, 5) is 23.0. The van der Waals surface area contributed by atoms with Crippen molar-refractivity contribution >= 4 is 30.7 Å². The zero-order valence-electron chi connectivity index (χ0n) is 15.8. The molecule has 0 radical (unpaired) electrons. The fourth-order valence-corrected chi connectivity index (χ4v) is 3.89. The van der Waals surface area contributed by atoms with Crippen LogP contribution in [0.2, 0.25) is 0 Å². The lowest BCUT2D eigenvalue weighted by Gasteiger charge is -2.33. The number of rotatable bonds is 4. The normalized spacial score (nSPS) is 20.2. The first-order valence-electron chi connectivity index (χ1n) is 9.08. The maximum atomic E-state index is 12.8. The third-order valence-electron chi connectivity index (χ3n) is 5.43. The monoisotopic (exact) mass is 428 g/mol. The quantitative estimate of drug-likeness (QED) is 0.763. The Morgan fingerprint density at radius 1 is 1.32 bits per heavy atom. The molecule has 0 saturated carbocycles. The van der Waals surface area contributed by atoms with Crippen molar-refractivity contribution in [2.24, 2.45) is 5.41 Å². The second-order valence-electron chi connectivity index (χ2n) is 7.31. The Morgan fingerprint density at radius 3 is 2.82 bits per heavy atom. The van der Waals surface area contributed by atoms with Gasteiger partial charge in [-0.25, -0.2) is 0 Å². The van der Waals surface area contributed by atoms with Gasteiger partial charge in [-0.2, -0.15) is 4.98 Å². The van der Waals surface area contributed by atoms with Crippen molar-refractivity contribution in [3.8, 4) is 11.5 Å². The van der Waals surface area contributed by atoms with Crippen LogP contribution in [0.4, 0.5) is 0 Å². The van der Waals surface area contributed by atoms with E-state index in [1.165, 1.54) is 0 Å². The highest BCUT2D eigenvalue weighted by Crippen LogP contribution is 2.37. The van der Waals surface area contributed by atoms with Gasteiger partial charge in [-0.05, 0) is 49.9 Å². The van der Waals surface area contributed by atoms with E-state index < -0.39 is 0 Å². The highest BCUT2D eigenvalue weighted by Gasteiger charge is 2.42. The summed E-state index contributed by atoms with van der Waals surface area (Å²) in [5.74, 6) is 0.933. The number of hydrogen-bond donors (Lipinski definition) is 2. The topological polar surface area (TPSA) is 96.2 Å². The first-order valence-corrected chi connectivity index (χ1v) is 9.08. The zero-order valence-corrected chi connectivity index (χ0v) is 17.4. The molecule has 2 fully saturated rings. The highest BCUT2D eigenvalue weighted by molar-refractivity contribution is 5.85. The van der Waals surface area contributed by atoms with Crippen molar-refractivity contribution < 1.29 is 9.32 Å². The van der Waals surface area contributed by atoms with E-state index in [1.54, 1.807) is 18.1 Å². The van der Waals surface area contributed by atoms with Crippen LogP contribution in [0.1, 0.15) is 25.2 Å². The number of hydrogen-bond acceptors (Lipinski definition) is 7. The number of nitrogens with zero attached hydrogens (tertiary/aromatic N) is 4. The number of carbonyl (C=O) groups is 1. The Bertz CT molecular complexity index is 766. The number of halogens is 2. The van der Waals surface area contributed by atoms with Gasteiger partial charge >= 0.3 is 0 Å². The van der Waals surface area contributed by atoms with Crippen LogP contribution in [0.15, 0.2) is 28.9 Å². The van der Waals surface area contributed by atoms with Gasteiger partial charge in [-0.3, -0.25) is 9.78 Å². The Balaban J connectivity index is 0.00000140. The summed E-state index contributed by atoms with van der Waals surface area (Å²) in [5, 5.41) is 10.8. The van der Waals surface area contributed by atoms with E-state index in [9.17, 15) is 4.79 Å². The van der Waals surface area contributed by atoms with Crippen LogP contribution < -0.4 is 10.6 Å². The van der Waals surface area contributed by atoms with Crippen LogP contribution in [0.3, 0.4) is 0 Å². The van der Waals surface area contributed by atoms with Gasteiger partial charge in [0.2, 0.25) is 17.6 Å². The van der Waals surface area contributed by atoms with Gasteiger partial charge in [0, 0.05) is 19.8 Å². The summed E-state index contributed by atoms with van der Waals surface area (Å²) >= 11 is 0. The standard InChI is InChI=1S/C18H24N6O2.2ClH/c1-24(11-15-22-16(23-26-15)13-4-2-3-7-20-13)17(25)14-10-18(12-21-14)5-8-19-9-6-18;;/h2-4,7,14,19,21H,5-6,8-12H2,1H3;2*1H. The zero-order chi connectivity index (χ0) is 18.0. The van der Waals surface area contributed by atoms with E-state index in [1.807, 2.05) is 18.2 Å². The van der Waals surface area contributed by atoms with Gasteiger partial charge in [-0.1, -0.05) is 11.2 Å². The average molecular weight is 429 g/mol. The molecule has 1 unspecified atom stereocenters. The molecule has 0 bridgehead atoms. The summed E-state index contributed by atoms with van der Waals surface area (Å²) < 4.78 is 5.29. The van der Waals surface area contributed by atoms with Crippen LogP contribution in [-0.4, -0.2) is 58.7 Å². The van der Waals surface area contributed by atoms with Crippen LogP contribution in [0.5, 0.6) is 0 Å².